The van der Waals surface area contributed by atoms with Crippen LogP contribution in [0.15, 0.2) is 41.8 Å². The molecule has 1 saturated carbocycles. The molecule has 1 unspecified atom stereocenters. The minimum Gasteiger partial charge on any atom is -0.497 e. The van der Waals surface area contributed by atoms with E-state index in [1.165, 1.54) is 4.88 Å². The number of rotatable bonds is 7. The van der Waals surface area contributed by atoms with Gasteiger partial charge in [-0.05, 0) is 54.3 Å². The van der Waals surface area contributed by atoms with Crippen molar-refractivity contribution in [1.29, 1.82) is 0 Å². The molecule has 0 bridgehead atoms. The molecular formula is C19H23NO3S. The third-order valence-electron chi connectivity index (χ3n) is 4.59. The number of benzene rings is 1. The fraction of sp³-hybridized carbons (Fsp3) is 0.421. The monoisotopic (exact) mass is 345 g/mol. The fourth-order valence-corrected chi connectivity index (χ4v) is 3.96. The van der Waals surface area contributed by atoms with E-state index in [0.717, 1.165) is 24.2 Å². The Kier molecular flexibility index (Phi) is 5.53. The zero-order valence-electron chi connectivity index (χ0n) is 13.8. The largest absolute Gasteiger partial charge is 0.497 e. The van der Waals surface area contributed by atoms with Gasteiger partial charge in [0.05, 0.1) is 19.3 Å². The third-order valence-corrected chi connectivity index (χ3v) is 5.54. The van der Waals surface area contributed by atoms with E-state index in [0.29, 0.717) is 18.8 Å². The summed E-state index contributed by atoms with van der Waals surface area (Å²) in [7, 11) is 1.64. The van der Waals surface area contributed by atoms with Gasteiger partial charge in [0.2, 0.25) is 5.91 Å². The molecule has 0 saturated heterocycles. The number of carbonyl (C=O) groups is 1. The number of nitrogens with one attached hydrogen (secondary N) is 1. The summed E-state index contributed by atoms with van der Waals surface area (Å²) in [6, 6.07) is 11.9. The SMILES string of the molecule is COc1ccc(CCC(=O)NC(c2cccs2)C2CC(O)C2)cc1. The number of aliphatic hydroxyl groups excluding tert-OH is 1. The van der Waals surface area contributed by atoms with Gasteiger partial charge in [0.15, 0.2) is 0 Å². The summed E-state index contributed by atoms with van der Waals surface area (Å²) in [6.45, 7) is 0. The normalized spacial score (nSPS) is 20.9. The second-order valence-electron chi connectivity index (χ2n) is 6.29. The molecule has 2 aromatic rings. The molecule has 0 aliphatic heterocycles. The van der Waals surface area contributed by atoms with Crippen LogP contribution in [0.25, 0.3) is 0 Å². The van der Waals surface area contributed by atoms with E-state index in [1.807, 2.05) is 35.7 Å². The number of thiophene rings is 1. The lowest BCUT2D eigenvalue weighted by molar-refractivity contribution is -0.123. The van der Waals surface area contributed by atoms with Crippen LogP contribution < -0.4 is 10.1 Å². The standard InChI is InChI=1S/C19H23NO3S/c1-23-16-7-4-13(5-8-16)6-9-18(22)20-19(14-11-15(21)12-14)17-3-2-10-24-17/h2-5,7-8,10,14-15,19,21H,6,9,11-12H2,1H3,(H,20,22). The maximum Gasteiger partial charge on any atom is 0.220 e. The van der Waals surface area contributed by atoms with Gasteiger partial charge in [0.25, 0.3) is 0 Å². The second kappa shape index (κ2) is 7.81. The van der Waals surface area contributed by atoms with Crippen LogP contribution in [0.3, 0.4) is 0 Å². The minimum absolute atomic E-state index is 0.0248. The van der Waals surface area contributed by atoms with Gasteiger partial charge >= 0.3 is 0 Å². The number of aliphatic hydroxyl groups is 1. The van der Waals surface area contributed by atoms with E-state index in [9.17, 15) is 9.90 Å². The van der Waals surface area contributed by atoms with E-state index in [4.69, 9.17) is 4.74 Å². The Morgan fingerprint density at radius 2 is 2.08 bits per heavy atom. The number of carbonyl (C=O) groups excluding carboxylic acids is 1. The molecule has 0 spiro atoms. The molecule has 3 rings (SSSR count). The predicted octanol–water partition coefficient (Wildman–Crippen LogP) is 3.32. The van der Waals surface area contributed by atoms with E-state index in [1.54, 1.807) is 18.4 Å². The van der Waals surface area contributed by atoms with Crippen molar-refractivity contribution in [2.45, 2.75) is 37.8 Å². The maximum absolute atomic E-state index is 12.4. The highest BCUT2D eigenvalue weighted by atomic mass is 32.1. The van der Waals surface area contributed by atoms with Crippen molar-refractivity contribution in [2.24, 2.45) is 5.92 Å². The molecule has 1 heterocycles. The first-order valence-electron chi connectivity index (χ1n) is 8.29. The van der Waals surface area contributed by atoms with Crippen molar-refractivity contribution in [3.8, 4) is 5.75 Å². The summed E-state index contributed by atoms with van der Waals surface area (Å²) in [4.78, 5) is 13.5. The van der Waals surface area contributed by atoms with Gasteiger partial charge < -0.3 is 15.2 Å². The fourth-order valence-electron chi connectivity index (χ4n) is 3.09. The van der Waals surface area contributed by atoms with Crippen molar-refractivity contribution in [1.82, 2.24) is 5.32 Å². The average Bonchev–Trinajstić information content (AvgIpc) is 3.10. The van der Waals surface area contributed by atoms with Crippen LogP contribution in [0.2, 0.25) is 0 Å². The number of aryl methyl sites for hydroxylation is 1. The lowest BCUT2D eigenvalue weighted by Gasteiger charge is -2.37. The lowest BCUT2D eigenvalue weighted by atomic mass is 9.76. The summed E-state index contributed by atoms with van der Waals surface area (Å²) in [5, 5.41) is 14.8. The summed E-state index contributed by atoms with van der Waals surface area (Å²) >= 11 is 1.66. The van der Waals surface area contributed by atoms with Gasteiger partial charge in [-0.1, -0.05) is 18.2 Å². The molecule has 24 heavy (non-hydrogen) atoms. The van der Waals surface area contributed by atoms with E-state index < -0.39 is 0 Å². The van der Waals surface area contributed by atoms with Crippen molar-refractivity contribution < 1.29 is 14.6 Å². The molecule has 1 atom stereocenters. The number of hydrogen-bond donors (Lipinski definition) is 2. The van der Waals surface area contributed by atoms with Crippen molar-refractivity contribution >= 4 is 17.2 Å². The predicted molar refractivity (Wildman–Crippen MR) is 95.2 cm³/mol. The number of hydrogen-bond acceptors (Lipinski definition) is 4. The van der Waals surface area contributed by atoms with Crippen LogP contribution in [0.1, 0.15) is 35.7 Å². The summed E-state index contributed by atoms with van der Waals surface area (Å²) in [5.41, 5.74) is 1.12. The highest BCUT2D eigenvalue weighted by Gasteiger charge is 2.35. The van der Waals surface area contributed by atoms with Crippen LogP contribution >= 0.6 is 11.3 Å². The van der Waals surface area contributed by atoms with Crippen molar-refractivity contribution in [3.63, 3.8) is 0 Å². The summed E-state index contributed by atoms with van der Waals surface area (Å²) in [5.74, 6) is 1.22. The quantitative estimate of drug-likeness (QED) is 0.809. The van der Waals surface area contributed by atoms with Crippen LogP contribution in [0.5, 0.6) is 5.75 Å². The van der Waals surface area contributed by atoms with Gasteiger partial charge in [0, 0.05) is 11.3 Å². The molecular weight excluding hydrogens is 322 g/mol. The van der Waals surface area contributed by atoms with Crippen LogP contribution in [0.4, 0.5) is 0 Å². The van der Waals surface area contributed by atoms with E-state index in [-0.39, 0.29) is 18.1 Å². The van der Waals surface area contributed by atoms with Gasteiger partial charge in [-0.15, -0.1) is 11.3 Å². The molecule has 1 aliphatic rings. The Bertz CT molecular complexity index is 648. The van der Waals surface area contributed by atoms with Gasteiger partial charge in [-0.2, -0.15) is 0 Å². The zero-order chi connectivity index (χ0) is 16.9. The Balaban J connectivity index is 1.55. The zero-order valence-corrected chi connectivity index (χ0v) is 14.6. The molecule has 128 valence electrons. The Morgan fingerprint density at radius 3 is 2.67 bits per heavy atom. The molecule has 1 aromatic heterocycles. The first-order chi connectivity index (χ1) is 11.7. The Hall–Kier alpha value is -1.85. The third kappa shape index (κ3) is 4.16. The molecule has 4 nitrogen and oxygen atoms in total. The highest BCUT2D eigenvalue weighted by molar-refractivity contribution is 7.10. The van der Waals surface area contributed by atoms with Crippen LogP contribution in [-0.4, -0.2) is 24.2 Å². The van der Waals surface area contributed by atoms with Crippen LogP contribution in [-0.2, 0) is 11.2 Å². The van der Waals surface area contributed by atoms with Gasteiger partial charge in [-0.3, -0.25) is 4.79 Å². The Labute approximate surface area is 146 Å². The molecule has 5 heteroatoms. The molecule has 2 N–H and O–H groups in total. The van der Waals surface area contributed by atoms with E-state index >= 15 is 0 Å². The topological polar surface area (TPSA) is 58.6 Å². The molecule has 1 fully saturated rings. The van der Waals surface area contributed by atoms with Gasteiger partial charge in [0.1, 0.15) is 5.75 Å². The average molecular weight is 345 g/mol. The summed E-state index contributed by atoms with van der Waals surface area (Å²) in [6.07, 6.45) is 2.49. The molecule has 1 amide bonds. The number of methoxy groups -OCH3 is 1. The molecule has 0 radical (unpaired) electrons. The lowest BCUT2D eigenvalue weighted by Crippen LogP contribution is -2.41. The Morgan fingerprint density at radius 1 is 1.33 bits per heavy atom. The van der Waals surface area contributed by atoms with Gasteiger partial charge in [-0.25, -0.2) is 0 Å². The highest BCUT2D eigenvalue weighted by Crippen LogP contribution is 2.39. The smallest absolute Gasteiger partial charge is 0.220 e. The van der Waals surface area contributed by atoms with Crippen LogP contribution in [0, 0.1) is 5.92 Å². The number of ether oxygens (including phenoxy) is 1. The first-order valence-corrected chi connectivity index (χ1v) is 9.17. The minimum atomic E-state index is -0.214. The second-order valence-corrected chi connectivity index (χ2v) is 7.27. The van der Waals surface area contributed by atoms with Crippen molar-refractivity contribution in [2.75, 3.05) is 7.11 Å². The number of amides is 1. The summed E-state index contributed by atoms with van der Waals surface area (Å²) < 4.78 is 5.14. The molecule has 1 aromatic carbocycles. The molecule has 1 aliphatic carbocycles. The first kappa shape index (κ1) is 17.0. The van der Waals surface area contributed by atoms with Crippen molar-refractivity contribution in [3.05, 3.63) is 52.2 Å². The maximum atomic E-state index is 12.4. The van der Waals surface area contributed by atoms with E-state index in [2.05, 4.69) is 11.4 Å².